The maximum absolute atomic E-state index is 14.1. The molecule has 3 amide bonds. The molecule has 3 aromatic carbocycles. The number of hydrogen-bond acceptors (Lipinski definition) is 5. The van der Waals surface area contributed by atoms with Crippen molar-refractivity contribution >= 4 is 17.9 Å². The van der Waals surface area contributed by atoms with Crippen LogP contribution in [0.15, 0.2) is 84.9 Å². The summed E-state index contributed by atoms with van der Waals surface area (Å²) in [6, 6.07) is 23.1. The summed E-state index contributed by atoms with van der Waals surface area (Å²) in [5.74, 6) is -0.669. The smallest absolute Gasteiger partial charge is 0.408 e. The number of aromatic hydroxyl groups is 1. The average Bonchev–Trinajstić information content (AvgIpc) is 2.91. The topological polar surface area (TPSA) is 108 Å². The van der Waals surface area contributed by atoms with Crippen LogP contribution in [0.1, 0.15) is 50.4 Å². The van der Waals surface area contributed by atoms with Gasteiger partial charge in [0.05, 0.1) is 0 Å². The number of carbonyl (C=O) groups is 3. The number of benzene rings is 3. The van der Waals surface area contributed by atoms with Crippen molar-refractivity contribution in [3.05, 3.63) is 102 Å². The molecule has 3 rings (SSSR count). The molecular weight excluding hydrogens is 494 g/mol. The van der Waals surface area contributed by atoms with Crippen molar-refractivity contribution in [3.63, 3.8) is 0 Å². The van der Waals surface area contributed by atoms with Gasteiger partial charge in [0.1, 0.15) is 23.4 Å². The average molecular weight is 532 g/mol. The van der Waals surface area contributed by atoms with Crippen LogP contribution in [0.25, 0.3) is 0 Å². The van der Waals surface area contributed by atoms with E-state index >= 15 is 0 Å². The monoisotopic (exact) mass is 531 g/mol. The van der Waals surface area contributed by atoms with Crippen molar-refractivity contribution in [2.75, 3.05) is 6.54 Å². The molecule has 0 aliphatic carbocycles. The molecular formula is C31H37N3O5. The standard InChI is InChI=1S/C31H37N3O5/c1-5-34(27(24-14-10-7-11-15-24)28(36)32-21-23-12-8-6-9-13-23)29(37)26(33-30(38)39-31(2,3)4)20-22-16-18-25(35)19-17-22/h6-19,26-27,35H,5,20-21H2,1-4H3,(H,32,36)(H,33,38). The number of hydrogen-bond donors (Lipinski definition) is 3. The number of nitrogens with zero attached hydrogens (tertiary/aromatic N) is 1. The van der Waals surface area contributed by atoms with E-state index in [0.29, 0.717) is 12.1 Å². The predicted molar refractivity (Wildman–Crippen MR) is 150 cm³/mol. The number of phenolic OH excluding ortho intramolecular Hbond substituents is 1. The maximum Gasteiger partial charge on any atom is 0.408 e. The molecule has 0 bridgehead atoms. The van der Waals surface area contributed by atoms with Crippen LogP contribution < -0.4 is 10.6 Å². The number of ether oxygens (including phenoxy) is 1. The second kappa shape index (κ2) is 13.5. The molecule has 0 radical (unpaired) electrons. The minimum atomic E-state index is -1.02. The van der Waals surface area contributed by atoms with Crippen molar-refractivity contribution in [1.82, 2.24) is 15.5 Å². The third-order valence-electron chi connectivity index (χ3n) is 5.97. The zero-order chi connectivity index (χ0) is 28.4. The molecule has 206 valence electrons. The number of phenols is 1. The van der Waals surface area contributed by atoms with Crippen molar-refractivity contribution < 1.29 is 24.2 Å². The molecule has 0 fully saturated rings. The fourth-order valence-electron chi connectivity index (χ4n) is 4.17. The van der Waals surface area contributed by atoms with E-state index in [2.05, 4.69) is 10.6 Å². The van der Waals surface area contributed by atoms with Gasteiger partial charge in [0.25, 0.3) is 0 Å². The van der Waals surface area contributed by atoms with Gasteiger partial charge in [-0.05, 0) is 56.5 Å². The lowest BCUT2D eigenvalue weighted by atomic mass is 10.00. The third-order valence-corrected chi connectivity index (χ3v) is 5.97. The van der Waals surface area contributed by atoms with Crippen molar-refractivity contribution in [1.29, 1.82) is 0 Å². The lowest BCUT2D eigenvalue weighted by Crippen LogP contribution is -2.53. The van der Waals surface area contributed by atoms with Crippen LogP contribution in [0, 0.1) is 0 Å². The molecule has 0 saturated heterocycles. The maximum atomic E-state index is 14.1. The first-order chi connectivity index (χ1) is 18.6. The van der Waals surface area contributed by atoms with Gasteiger partial charge in [0.15, 0.2) is 0 Å². The van der Waals surface area contributed by atoms with Crippen LogP contribution in [0.5, 0.6) is 5.75 Å². The summed E-state index contributed by atoms with van der Waals surface area (Å²) in [5.41, 5.74) is 1.55. The second-order valence-electron chi connectivity index (χ2n) is 10.2. The van der Waals surface area contributed by atoms with Gasteiger partial charge in [-0.25, -0.2) is 4.79 Å². The van der Waals surface area contributed by atoms with Gasteiger partial charge in [-0.1, -0.05) is 72.8 Å². The largest absolute Gasteiger partial charge is 0.508 e. The highest BCUT2D eigenvalue weighted by atomic mass is 16.6. The number of amides is 3. The molecule has 0 aliphatic rings. The third kappa shape index (κ3) is 8.88. The minimum absolute atomic E-state index is 0.0936. The minimum Gasteiger partial charge on any atom is -0.508 e. The number of likely N-dealkylation sites (N-methyl/N-ethyl adjacent to an activating group) is 1. The van der Waals surface area contributed by atoms with E-state index in [1.54, 1.807) is 52.0 Å². The van der Waals surface area contributed by atoms with Gasteiger partial charge < -0.3 is 25.4 Å². The SMILES string of the molecule is CCN(C(=O)C(Cc1ccc(O)cc1)NC(=O)OC(C)(C)C)C(C(=O)NCc1ccccc1)c1ccccc1. The Morgan fingerprint density at radius 1 is 0.872 bits per heavy atom. The van der Waals surface area contributed by atoms with Crippen molar-refractivity contribution in [2.45, 2.75) is 58.3 Å². The molecule has 39 heavy (non-hydrogen) atoms. The number of alkyl carbamates (subject to hydrolysis) is 1. The first-order valence-electron chi connectivity index (χ1n) is 13.0. The van der Waals surface area contributed by atoms with Crippen LogP contribution in [0.4, 0.5) is 4.79 Å². The first kappa shape index (κ1) is 29.2. The lowest BCUT2D eigenvalue weighted by molar-refractivity contribution is -0.142. The summed E-state index contributed by atoms with van der Waals surface area (Å²) in [4.78, 5) is 41.9. The Morgan fingerprint density at radius 3 is 2.03 bits per heavy atom. The molecule has 8 heteroatoms. The van der Waals surface area contributed by atoms with E-state index < -0.39 is 29.7 Å². The van der Waals surface area contributed by atoms with Gasteiger partial charge in [-0.2, -0.15) is 0 Å². The fourth-order valence-corrected chi connectivity index (χ4v) is 4.17. The highest BCUT2D eigenvalue weighted by Gasteiger charge is 2.35. The Bertz CT molecular complexity index is 1220. The highest BCUT2D eigenvalue weighted by molar-refractivity contribution is 5.92. The molecule has 2 atom stereocenters. The Morgan fingerprint density at radius 2 is 1.46 bits per heavy atom. The Balaban J connectivity index is 1.92. The van der Waals surface area contributed by atoms with Crippen LogP contribution in [-0.2, 0) is 27.3 Å². The van der Waals surface area contributed by atoms with Gasteiger partial charge in [-0.3, -0.25) is 9.59 Å². The van der Waals surface area contributed by atoms with E-state index in [1.807, 2.05) is 48.5 Å². The summed E-state index contributed by atoms with van der Waals surface area (Å²) in [7, 11) is 0. The van der Waals surface area contributed by atoms with Crippen LogP contribution in [0.3, 0.4) is 0 Å². The molecule has 0 spiro atoms. The number of nitrogens with one attached hydrogen (secondary N) is 2. The number of carbonyl (C=O) groups excluding carboxylic acids is 3. The van der Waals surface area contributed by atoms with E-state index in [-0.39, 0.29) is 24.6 Å². The summed E-state index contributed by atoms with van der Waals surface area (Å²) in [5, 5.41) is 15.4. The van der Waals surface area contributed by atoms with E-state index in [1.165, 1.54) is 17.0 Å². The van der Waals surface area contributed by atoms with Gasteiger partial charge in [0, 0.05) is 19.5 Å². The van der Waals surface area contributed by atoms with E-state index in [0.717, 1.165) is 11.1 Å². The van der Waals surface area contributed by atoms with Crippen LogP contribution >= 0.6 is 0 Å². The lowest BCUT2D eigenvalue weighted by Gasteiger charge is -2.34. The normalized spacial score (nSPS) is 12.6. The Labute approximate surface area is 230 Å². The number of rotatable bonds is 10. The molecule has 0 aromatic heterocycles. The van der Waals surface area contributed by atoms with Crippen LogP contribution in [0.2, 0.25) is 0 Å². The molecule has 3 N–H and O–H groups in total. The van der Waals surface area contributed by atoms with E-state index in [9.17, 15) is 19.5 Å². The van der Waals surface area contributed by atoms with Gasteiger partial charge >= 0.3 is 6.09 Å². The summed E-state index contributed by atoms with van der Waals surface area (Å²) < 4.78 is 5.43. The highest BCUT2D eigenvalue weighted by Crippen LogP contribution is 2.23. The first-order valence-corrected chi connectivity index (χ1v) is 13.0. The Hall–Kier alpha value is -4.33. The summed E-state index contributed by atoms with van der Waals surface area (Å²) >= 11 is 0. The van der Waals surface area contributed by atoms with Crippen molar-refractivity contribution in [3.8, 4) is 5.75 Å². The van der Waals surface area contributed by atoms with Crippen LogP contribution in [-0.4, -0.2) is 46.1 Å². The fraction of sp³-hybridized carbons (Fsp3) is 0.323. The molecule has 2 unspecified atom stereocenters. The zero-order valence-corrected chi connectivity index (χ0v) is 22.9. The second-order valence-corrected chi connectivity index (χ2v) is 10.2. The summed E-state index contributed by atoms with van der Waals surface area (Å²) in [6.07, 6.45) is -0.595. The molecule has 0 heterocycles. The van der Waals surface area contributed by atoms with E-state index in [4.69, 9.17) is 4.74 Å². The van der Waals surface area contributed by atoms with Gasteiger partial charge in [-0.15, -0.1) is 0 Å². The van der Waals surface area contributed by atoms with Gasteiger partial charge in [0.2, 0.25) is 11.8 Å². The quantitative estimate of drug-likeness (QED) is 0.350. The molecule has 8 nitrogen and oxygen atoms in total. The van der Waals surface area contributed by atoms with Crippen molar-refractivity contribution in [2.24, 2.45) is 0 Å². The predicted octanol–water partition coefficient (Wildman–Crippen LogP) is 4.73. The molecule has 3 aromatic rings. The summed E-state index contributed by atoms with van der Waals surface area (Å²) in [6.45, 7) is 7.54. The zero-order valence-electron chi connectivity index (χ0n) is 22.9. The Kier molecular flexibility index (Phi) is 10.1. The molecule has 0 saturated carbocycles. The molecule has 0 aliphatic heterocycles.